The molecular weight excluding hydrogens is 290 g/mol. The van der Waals surface area contributed by atoms with Crippen LogP contribution in [0.3, 0.4) is 0 Å². The molecule has 0 bridgehead atoms. The maximum absolute atomic E-state index is 10.6. The predicted molar refractivity (Wildman–Crippen MR) is 92.5 cm³/mol. The lowest BCUT2D eigenvalue weighted by molar-refractivity contribution is -0.384. The molecule has 0 amide bonds. The van der Waals surface area contributed by atoms with Crippen molar-refractivity contribution in [3.8, 4) is 0 Å². The van der Waals surface area contributed by atoms with Crippen LogP contribution in [0.2, 0.25) is 0 Å². The average molecular weight is 305 g/mol. The second-order valence-electron chi connectivity index (χ2n) is 5.00. The Labute approximate surface area is 133 Å². The summed E-state index contributed by atoms with van der Waals surface area (Å²) >= 11 is 0. The zero-order valence-corrected chi connectivity index (χ0v) is 12.3. The van der Waals surface area contributed by atoms with Crippen LogP contribution in [0.1, 0.15) is 0 Å². The van der Waals surface area contributed by atoms with Crippen LogP contribution in [-0.4, -0.2) is 4.92 Å². The summed E-state index contributed by atoms with van der Waals surface area (Å²) in [5, 5.41) is 17.2. The van der Waals surface area contributed by atoms with E-state index in [0.717, 1.165) is 22.7 Å². The second-order valence-corrected chi connectivity index (χ2v) is 5.00. The highest BCUT2D eigenvalue weighted by Crippen LogP contribution is 2.22. The fourth-order valence-corrected chi connectivity index (χ4v) is 2.16. The van der Waals surface area contributed by atoms with Gasteiger partial charge in [-0.2, -0.15) is 0 Å². The minimum Gasteiger partial charge on any atom is -0.356 e. The lowest BCUT2D eigenvalue weighted by Crippen LogP contribution is -1.93. The molecule has 5 nitrogen and oxygen atoms in total. The number of non-ortho nitro benzene ring substituents is 1. The number of nitro groups is 1. The highest BCUT2D eigenvalue weighted by molar-refractivity contribution is 5.66. The highest BCUT2D eigenvalue weighted by Gasteiger charge is 2.04. The summed E-state index contributed by atoms with van der Waals surface area (Å²) in [4.78, 5) is 10.2. The summed E-state index contributed by atoms with van der Waals surface area (Å²) in [5.74, 6) is 0. The average Bonchev–Trinajstić information content (AvgIpc) is 2.58. The number of para-hydroxylation sites is 1. The molecule has 23 heavy (non-hydrogen) atoms. The SMILES string of the molecule is O=[N+]([O-])c1ccc(Nc2ccc(Nc3ccccc3)cc2)cc1. The number of nitro benzene ring substituents is 1. The van der Waals surface area contributed by atoms with Crippen molar-refractivity contribution in [3.05, 3.63) is 89.0 Å². The Morgan fingerprint density at radius 1 is 0.609 bits per heavy atom. The minimum absolute atomic E-state index is 0.0814. The largest absolute Gasteiger partial charge is 0.356 e. The summed E-state index contributed by atoms with van der Waals surface area (Å²) in [6.07, 6.45) is 0. The Morgan fingerprint density at radius 2 is 1.00 bits per heavy atom. The first-order chi connectivity index (χ1) is 11.2. The van der Waals surface area contributed by atoms with Crippen molar-refractivity contribution in [2.24, 2.45) is 0 Å². The first-order valence-corrected chi connectivity index (χ1v) is 7.14. The zero-order chi connectivity index (χ0) is 16.1. The molecule has 3 aromatic rings. The Morgan fingerprint density at radius 3 is 1.43 bits per heavy atom. The van der Waals surface area contributed by atoms with Crippen LogP contribution >= 0.6 is 0 Å². The van der Waals surface area contributed by atoms with Crippen molar-refractivity contribution in [2.75, 3.05) is 10.6 Å². The lowest BCUT2D eigenvalue weighted by atomic mass is 10.2. The first-order valence-electron chi connectivity index (χ1n) is 7.14. The van der Waals surface area contributed by atoms with E-state index in [0.29, 0.717) is 0 Å². The molecule has 0 unspecified atom stereocenters. The van der Waals surface area contributed by atoms with Crippen LogP contribution in [0.25, 0.3) is 0 Å². The molecule has 0 atom stereocenters. The maximum atomic E-state index is 10.6. The molecule has 2 N–H and O–H groups in total. The third-order valence-electron chi connectivity index (χ3n) is 3.31. The third kappa shape index (κ3) is 3.85. The molecule has 0 aliphatic heterocycles. The van der Waals surface area contributed by atoms with Crippen molar-refractivity contribution >= 4 is 28.4 Å². The molecule has 5 heteroatoms. The van der Waals surface area contributed by atoms with E-state index in [2.05, 4.69) is 10.6 Å². The van der Waals surface area contributed by atoms with Gasteiger partial charge < -0.3 is 10.6 Å². The lowest BCUT2D eigenvalue weighted by Gasteiger charge is -2.09. The van der Waals surface area contributed by atoms with Gasteiger partial charge in [0.1, 0.15) is 0 Å². The topological polar surface area (TPSA) is 67.2 Å². The van der Waals surface area contributed by atoms with Gasteiger partial charge in [-0.25, -0.2) is 0 Å². The van der Waals surface area contributed by atoms with Gasteiger partial charge in [-0.05, 0) is 48.5 Å². The van der Waals surface area contributed by atoms with Crippen molar-refractivity contribution in [2.45, 2.75) is 0 Å². The zero-order valence-electron chi connectivity index (χ0n) is 12.3. The monoisotopic (exact) mass is 305 g/mol. The van der Waals surface area contributed by atoms with E-state index >= 15 is 0 Å². The van der Waals surface area contributed by atoms with Crippen molar-refractivity contribution in [3.63, 3.8) is 0 Å². The third-order valence-corrected chi connectivity index (χ3v) is 3.31. The Kier molecular flexibility index (Phi) is 4.20. The Bertz CT molecular complexity index is 785. The normalized spacial score (nSPS) is 10.1. The molecule has 3 rings (SSSR count). The van der Waals surface area contributed by atoms with E-state index in [1.165, 1.54) is 12.1 Å². The van der Waals surface area contributed by atoms with Crippen LogP contribution in [0.4, 0.5) is 28.4 Å². The highest BCUT2D eigenvalue weighted by atomic mass is 16.6. The van der Waals surface area contributed by atoms with Gasteiger partial charge in [0, 0.05) is 34.9 Å². The van der Waals surface area contributed by atoms with E-state index in [1.807, 2.05) is 54.6 Å². The van der Waals surface area contributed by atoms with Crippen molar-refractivity contribution < 1.29 is 4.92 Å². The minimum atomic E-state index is -0.409. The first kappa shape index (κ1) is 14.6. The van der Waals surface area contributed by atoms with E-state index in [1.54, 1.807) is 12.1 Å². The number of rotatable bonds is 5. The summed E-state index contributed by atoms with van der Waals surface area (Å²) in [6.45, 7) is 0. The standard InChI is InChI=1S/C18H15N3O2/c22-21(23)18-12-10-17(11-13-18)20-16-8-6-15(7-9-16)19-14-4-2-1-3-5-14/h1-13,19-20H. The molecule has 0 heterocycles. The molecule has 0 saturated heterocycles. The van der Waals surface area contributed by atoms with Crippen molar-refractivity contribution in [1.82, 2.24) is 0 Å². The molecule has 0 fully saturated rings. The second kappa shape index (κ2) is 6.62. The van der Waals surface area contributed by atoms with Crippen LogP contribution in [-0.2, 0) is 0 Å². The Balaban J connectivity index is 1.66. The summed E-state index contributed by atoms with van der Waals surface area (Å²) in [5.41, 5.74) is 3.82. The summed E-state index contributed by atoms with van der Waals surface area (Å²) in [6, 6.07) is 24.1. The molecule has 0 radical (unpaired) electrons. The van der Waals surface area contributed by atoms with E-state index in [9.17, 15) is 10.1 Å². The fraction of sp³-hybridized carbons (Fsp3) is 0. The Hall–Kier alpha value is -3.34. The van der Waals surface area contributed by atoms with Gasteiger partial charge >= 0.3 is 0 Å². The number of hydrogen-bond donors (Lipinski definition) is 2. The number of hydrogen-bond acceptors (Lipinski definition) is 4. The van der Waals surface area contributed by atoms with E-state index in [4.69, 9.17) is 0 Å². The van der Waals surface area contributed by atoms with Gasteiger partial charge in [0.25, 0.3) is 5.69 Å². The van der Waals surface area contributed by atoms with Gasteiger partial charge in [0.05, 0.1) is 4.92 Å². The molecule has 0 aliphatic carbocycles. The van der Waals surface area contributed by atoms with Crippen LogP contribution < -0.4 is 10.6 Å². The van der Waals surface area contributed by atoms with Gasteiger partial charge in [0.15, 0.2) is 0 Å². The van der Waals surface area contributed by atoms with E-state index < -0.39 is 4.92 Å². The van der Waals surface area contributed by atoms with E-state index in [-0.39, 0.29) is 5.69 Å². The number of nitrogens with one attached hydrogen (secondary N) is 2. The molecule has 0 aliphatic rings. The molecular formula is C18H15N3O2. The molecule has 3 aromatic carbocycles. The summed E-state index contributed by atoms with van der Waals surface area (Å²) in [7, 11) is 0. The number of nitrogens with zero attached hydrogens (tertiary/aromatic N) is 1. The van der Waals surface area contributed by atoms with Crippen LogP contribution in [0, 0.1) is 10.1 Å². The fourth-order valence-electron chi connectivity index (χ4n) is 2.16. The maximum Gasteiger partial charge on any atom is 0.269 e. The van der Waals surface area contributed by atoms with Gasteiger partial charge in [0.2, 0.25) is 0 Å². The smallest absolute Gasteiger partial charge is 0.269 e. The molecule has 0 spiro atoms. The van der Waals surface area contributed by atoms with Crippen LogP contribution in [0.5, 0.6) is 0 Å². The van der Waals surface area contributed by atoms with Gasteiger partial charge in [-0.1, -0.05) is 18.2 Å². The number of benzene rings is 3. The molecule has 114 valence electrons. The van der Waals surface area contributed by atoms with Gasteiger partial charge in [-0.15, -0.1) is 0 Å². The molecule has 0 aromatic heterocycles. The predicted octanol–water partition coefficient (Wildman–Crippen LogP) is 5.08. The van der Waals surface area contributed by atoms with Crippen LogP contribution in [0.15, 0.2) is 78.9 Å². The molecule has 0 saturated carbocycles. The van der Waals surface area contributed by atoms with Crippen molar-refractivity contribution in [1.29, 1.82) is 0 Å². The summed E-state index contributed by atoms with van der Waals surface area (Å²) < 4.78 is 0. The quantitative estimate of drug-likeness (QED) is 0.509. The van der Waals surface area contributed by atoms with Gasteiger partial charge in [-0.3, -0.25) is 10.1 Å². The number of anilines is 4.